The number of aryl methyl sites for hydroxylation is 2. The average molecular weight is 396 g/mol. The summed E-state index contributed by atoms with van der Waals surface area (Å²) in [6.07, 6.45) is 2.60. The van der Waals surface area contributed by atoms with E-state index in [1.807, 2.05) is 28.9 Å². The van der Waals surface area contributed by atoms with E-state index in [1.54, 1.807) is 15.9 Å². The number of rotatable bonds is 2. The number of carbonyl (C=O) groups excluding carboxylic acids is 2. The first kappa shape index (κ1) is 18.0. The van der Waals surface area contributed by atoms with Crippen molar-refractivity contribution >= 4 is 11.8 Å². The van der Waals surface area contributed by atoms with Crippen molar-refractivity contribution in [3.63, 3.8) is 0 Å². The summed E-state index contributed by atoms with van der Waals surface area (Å²) < 4.78 is 13.4. The fourth-order valence-corrected chi connectivity index (χ4v) is 4.16. The normalized spacial score (nSPS) is 20.9. The Morgan fingerprint density at radius 1 is 0.966 bits per heavy atom. The number of aromatic nitrogens is 2. The number of carbonyl (C=O) groups is 2. The molecule has 0 aliphatic carbocycles. The van der Waals surface area contributed by atoms with Gasteiger partial charge in [-0.1, -0.05) is 12.1 Å². The lowest BCUT2D eigenvalue weighted by Crippen LogP contribution is -2.55. The van der Waals surface area contributed by atoms with Crippen LogP contribution in [0, 0.1) is 0 Å². The number of piperazine rings is 1. The van der Waals surface area contributed by atoms with Crippen molar-refractivity contribution in [3.05, 3.63) is 41.7 Å². The van der Waals surface area contributed by atoms with Gasteiger partial charge in [-0.25, -0.2) is 0 Å². The van der Waals surface area contributed by atoms with E-state index in [4.69, 9.17) is 9.47 Å². The van der Waals surface area contributed by atoms with Gasteiger partial charge in [0.1, 0.15) is 6.61 Å². The molecule has 0 saturated carbocycles. The molecular weight excluding hydrogens is 372 g/mol. The SMILES string of the molecule is O=C(c1cc2n(n1)CCCC2)N1CCN(C(=O)[C@@H]2COc3ccccc3O2)CC1. The molecule has 0 N–H and O–H groups in total. The summed E-state index contributed by atoms with van der Waals surface area (Å²) in [5.74, 6) is 1.11. The van der Waals surface area contributed by atoms with Crippen LogP contribution in [0.15, 0.2) is 30.3 Å². The van der Waals surface area contributed by atoms with Gasteiger partial charge in [0.15, 0.2) is 17.2 Å². The molecule has 1 fully saturated rings. The molecule has 0 spiro atoms. The number of ether oxygens (including phenoxy) is 2. The number of hydrogen-bond acceptors (Lipinski definition) is 5. The molecule has 3 aliphatic heterocycles. The van der Waals surface area contributed by atoms with Crippen molar-refractivity contribution in [2.24, 2.45) is 0 Å². The zero-order valence-electron chi connectivity index (χ0n) is 16.2. The first-order valence-corrected chi connectivity index (χ1v) is 10.2. The third-order valence-corrected chi connectivity index (χ3v) is 5.80. The van der Waals surface area contributed by atoms with Gasteiger partial charge in [0.2, 0.25) is 6.10 Å². The second-order valence-corrected chi connectivity index (χ2v) is 7.68. The quantitative estimate of drug-likeness (QED) is 0.766. The molecule has 8 heteroatoms. The zero-order chi connectivity index (χ0) is 19.8. The molecule has 5 rings (SSSR count). The zero-order valence-corrected chi connectivity index (χ0v) is 16.2. The molecular formula is C21H24N4O4. The van der Waals surface area contributed by atoms with Gasteiger partial charge in [0.25, 0.3) is 11.8 Å². The largest absolute Gasteiger partial charge is 0.485 e. The van der Waals surface area contributed by atoms with Gasteiger partial charge >= 0.3 is 0 Å². The van der Waals surface area contributed by atoms with Crippen LogP contribution in [0.4, 0.5) is 0 Å². The number of fused-ring (bicyclic) bond motifs is 2. The Kier molecular flexibility index (Phi) is 4.61. The van der Waals surface area contributed by atoms with Gasteiger partial charge in [-0.3, -0.25) is 14.3 Å². The highest BCUT2D eigenvalue weighted by Crippen LogP contribution is 2.31. The minimum atomic E-state index is -0.646. The highest BCUT2D eigenvalue weighted by Gasteiger charge is 2.34. The third-order valence-electron chi connectivity index (χ3n) is 5.80. The van der Waals surface area contributed by atoms with E-state index in [0.717, 1.165) is 31.5 Å². The van der Waals surface area contributed by atoms with Crippen LogP contribution in [0.5, 0.6) is 11.5 Å². The second kappa shape index (κ2) is 7.42. The molecule has 0 radical (unpaired) electrons. The van der Waals surface area contributed by atoms with Gasteiger partial charge < -0.3 is 19.3 Å². The van der Waals surface area contributed by atoms with E-state index in [0.29, 0.717) is 43.4 Å². The predicted octanol–water partition coefficient (Wildman–Crippen LogP) is 1.34. The number of amides is 2. The summed E-state index contributed by atoms with van der Waals surface area (Å²) in [6.45, 7) is 3.06. The molecule has 2 amide bonds. The van der Waals surface area contributed by atoms with E-state index >= 15 is 0 Å². The first-order chi connectivity index (χ1) is 14.2. The molecule has 1 atom stereocenters. The van der Waals surface area contributed by atoms with Gasteiger partial charge in [-0.2, -0.15) is 5.10 Å². The summed E-state index contributed by atoms with van der Waals surface area (Å²) in [5.41, 5.74) is 1.66. The van der Waals surface area contributed by atoms with Crippen LogP contribution in [-0.4, -0.2) is 70.3 Å². The fourth-order valence-electron chi connectivity index (χ4n) is 4.16. The molecule has 4 heterocycles. The summed E-state index contributed by atoms with van der Waals surface area (Å²) >= 11 is 0. The summed E-state index contributed by atoms with van der Waals surface area (Å²) in [7, 11) is 0. The van der Waals surface area contributed by atoms with Crippen LogP contribution in [0.1, 0.15) is 29.0 Å². The van der Waals surface area contributed by atoms with E-state index in [1.165, 1.54) is 0 Å². The Bertz CT molecular complexity index is 909. The monoisotopic (exact) mass is 396 g/mol. The molecule has 29 heavy (non-hydrogen) atoms. The molecule has 3 aliphatic rings. The Morgan fingerprint density at radius 2 is 1.72 bits per heavy atom. The molecule has 1 aromatic heterocycles. The number of para-hydroxylation sites is 2. The van der Waals surface area contributed by atoms with Crippen LogP contribution < -0.4 is 9.47 Å². The van der Waals surface area contributed by atoms with Crippen molar-refractivity contribution in [2.75, 3.05) is 32.8 Å². The first-order valence-electron chi connectivity index (χ1n) is 10.2. The minimum Gasteiger partial charge on any atom is -0.485 e. The van der Waals surface area contributed by atoms with Gasteiger partial charge in [-0.15, -0.1) is 0 Å². The van der Waals surface area contributed by atoms with E-state index in [-0.39, 0.29) is 18.4 Å². The third kappa shape index (κ3) is 3.43. The maximum absolute atomic E-state index is 12.8. The highest BCUT2D eigenvalue weighted by molar-refractivity contribution is 5.92. The lowest BCUT2D eigenvalue weighted by molar-refractivity contribution is -0.142. The topological polar surface area (TPSA) is 76.9 Å². The van der Waals surface area contributed by atoms with Crippen LogP contribution in [0.3, 0.4) is 0 Å². The Morgan fingerprint density at radius 3 is 2.52 bits per heavy atom. The van der Waals surface area contributed by atoms with Gasteiger partial charge in [0, 0.05) is 38.4 Å². The summed E-state index contributed by atoms with van der Waals surface area (Å²) in [5, 5.41) is 4.48. The van der Waals surface area contributed by atoms with Crippen LogP contribution >= 0.6 is 0 Å². The van der Waals surface area contributed by atoms with Crippen molar-refractivity contribution < 1.29 is 19.1 Å². The Labute approximate surface area is 169 Å². The lowest BCUT2D eigenvalue weighted by Gasteiger charge is -2.36. The Hall–Kier alpha value is -3.03. The highest BCUT2D eigenvalue weighted by atomic mass is 16.6. The Balaban J connectivity index is 1.19. The van der Waals surface area contributed by atoms with Crippen molar-refractivity contribution in [1.29, 1.82) is 0 Å². The number of benzene rings is 1. The van der Waals surface area contributed by atoms with Crippen LogP contribution in [0.25, 0.3) is 0 Å². The molecule has 152 valence electrons. The molecule has 2 aromatic rings. The van der Waals surface area contributed by atoms with E-state index < -0.39 is 6.10 Å². The summed E-state index contributed by atoms with van der Waals surface area (Å²) in [6, 6.07) is 9.28. The van der Waals surface area contributed by atoms with Crippen molar-refractivity contribution in [1.82, 2.24) is 19.6 Å². The maximum Gasteiger partial charge on any atom is 0.274 e. The van der Waals surface area contributed by atoms with E-state index in [9.17, 15) is 9.59 Å². The van der Waals surface area contributed by atoms with Crippen molar-refractivity contribution in [3.8, 4) is 11.5 Å². The van der Waals surface area contributed by atoms with E-state index in [2.05, 4.69) is 5.10 Å². The average Bonchev–Trinajstić information content (AvgIpc) is 3.22. The predicted molar refractivity (Wildman–Crippen MR) is 104 cm³/mol. The molecule has 1 aromatic carbocycles. The summed E-state index contributed by atoms with van der Waals surface area (Å²) in [4.78, 5) is 29.2. The maximum atomic E-state index is 12.8. The second-order valence-electron chi connectivity index (χ2n) is 7.68. The van der Waals surface area contributed by atoms with Crippen LogP contribution in [-0.2, 0) is 17.8 Å². The molecule has 0 bridgehead atoms. The molecule has 1 saturated heterocycles. The van der Waals surface area contributed by atoms with Gasteiger partial charge in [-0.05, 0) is 37.5 Å². The van der Waals surface area contributed by atoms with Crippen molar-refractivity contribution in [2.45, 2.75) is 31.9 Å². The number of hydrogen-bond donors (Lipinski definition) is 0. The minimum absolute atomic E-state index is 0.0508. The lowest BCUT2D eigenvalue weighted by atomic mass is 10.1. The fraction of sp³-hybridized carbons (Fsp3) is 0.476. The molecule has 8 nitrogen and oxygen atoms in total. The molecule has 0 unspecified atom stereocenters. The smallest absolute Gasteiger partial charge is 0.274 e. The standard InChI is InChI=1S/C21H24N4O4/c26-20(16-13-15-5-3-4-8-25(15)22-16)23-9-11-24(12-10-23)21(27)19-14-28-17-6-1-2-7-18(17)29-19/h1-2,6-7,13,19H,3-5,8-12,14H2/t19-/m0/s1. The number of nitrogens with zero attached hydrogens (tertiary/aromatic N) is 4. The van der Waals surface area contributed by atoms with Crippen LogP contribution in [0.2, 0.25) is 0 Å². The van der Waals surface area contributed by atoms with Gasteiger partial charge in [0.05, 0.1) is 0 Å².